The third-order valence-electron chi connectivity index (χ3n) is 5.40. The first-order valence-corrected chi connectivity index (χ1v) is 11.4. The molecule has 0 N–H and O–H groups in total. The molecule has 0 aliphatic rings. The average Bonchev–Trinajstić information content (AvgIpc) is 2.92. The normalized spacial score (nSPS) is 10.7. The summed E-state index contributed by atoms with van der Waals surface area (Å²) < 4.78 is 21.5. The highest BCUT2D eigenvalue weighted by Crippen LogP contribution is 2.27. The van der Waals surface area contributed by atoms with E-state index in [4.69, 9.17) is 18.9 Å². The van der Waals surface area contributed by atoms with Crippen LogP contribution in [0, 0.1) is 6.92 Å². The maximum absolute atomic E-state index is 12.9. The van der Waals surface area contributed by atoms with Gasteiger partial charge in [-0.15, -0.1) is 0 Å². The summed E-state index contributed by atoms with van der Waals surface area (Å²) in [5.41, 5.74) is 3.04. The summed E-state index contributed by atoms with van der Waals surface area (Å²) in [5, 5.41) is 0. The van der Waals surface area contributed by atoms with Gasteiger partial charge >= 0.3 is 11.9 Å². The summed E-state index contributed by atoms with van der Waals surface area (Å²) >= 11 is 0. The Kier molecular flexibility index (Phi) is 7.95. The molecule has 37 heavy (non-hydrogen) atoms. The molecule has 0 spiro atoms. The summed E-state index contributed by atoms with van der Waals surface area (Å²) in [5.74, 6) is 0.516. The molecule has 0 saturated heterocycles. The van der Waals surface area contributed by atoms with Gasteiger partial charge < -0.3 is 18.9 Å². The van der Waals surface area contributed by atoms with Crippen LogP contribution in [-0.4, -0.2) is 32.4 Å². The van der Waals surface area contributed by atoms with Gasteiger partial charge in [-0.3, -0.25) is 4.99 Å². The number of hydrogen-bond donors (Lipinski definition) is 0. The molecule has 0 aromatic heterocycles. The minimum Gasteiger partial charge on any atom is -0.497 e. The number of esters is 2. The second kappa shape index (κ2) is 11.7. The molecule has 4 rings (SSSR count). The molecule has 0 heterocycles. The van der Waals surface area contributed by atoms with E-state index in [1.807, 2.05) is 31.2 Å². The summed E-state index contributed by atoms with van der Waals surface area (Å²) in [6.07, 6.45) is 1.60. The SMILES string of the molecule is COc1ccc(C(=O)Oc2ccc(C=Nc3cccc(C)c3)c(OC(=O)c3ccc(OC)cc3)c2)cc1. The average molecular weight is 496 g/mol. The van der Waals surface area contributed by atoms with Gasteiger partial charge in [-0.05, 0) is 85.3 Å². The zero-order valence-corrected chi connectivity index (χ0v) is 20.6. The number of carbonyl (C=O) groups is 2. The molecule has 4 aromatic carbocycles. The number of hydrogen-bond acceptors (Lipinski definition) is 7. The zero-order chi connectivity index (χ0) is 26.2. The predicted octanol–water partition coefficient (Wildman–Crippen LogP) is 6.20. The molecular formula is C30H25NO6. The molecule has 0 aliphatic heterocycles. The maximum atomic E-state index is 12.9. The Hall–Kier alpha value is -4.91. The van der Waals surface area contributed by atoms with Gasteiger partial charge in [0.25, 0.3) is 0 Å². The second-order valence-corrected chi connectivity index (χ2v) is 8.03. The Morgan fingerprint density at radius 1 is 0.676 bits per heavy atom. The van der Waals surface area contributed by atoms with Crippen molar-refractivity contribution in [2.75, 3.05) is 14.2 Å². The van der Waals surface area contributed by atoms with Crippen molar-refractivity contribution in [1.29, 1.82) is 0 Å². The van der Waals surface area contributed by atoms with E-state index in [0.29, 0.717) is 28.2 Å². The van der Waals surface area contributed by atoms with Gasteiger partial charge in [-0.25, -0.2) is 9.59 Å². The molecule has 7 nitrogen and oxygen atoms in total. The molecule has 0 saturated carbocycles. The van der Waals surface area contributed by atoms with Gasteiger partial charge in [0, 0.05) is 17.8 Å². The number of benzene rings is 4. The smallest absolute Gasteiger partial charge is 0.343 e. The largest absolute Gasteiger partial charge is 0.497 e. The molecule has 0 unspecified atom stereocenters. The van der Waals surface area contributed by atoms with Gasteiger partial charge in [-0.1, -0.05) is 12.1 Å². The van der Waals surface area contributed by atoms with Gasteiger partial charge in [-0.2, -0.15) is 0 Å². The van der Waals surface area contributed by atoms with Crippen LogP contribution >= 0.6 is 0 Å². The minimum atomic E-state index is -0.577. The molecule has 0 radical (unpaired) electrons. The Morgan fingerprint density at radius 3 is 1.81 bits per heavy atom. The van der Waals surface area contributed by atoms with E-state index in [1.54, 1.807) is 81.1 Å². The predicted molar refractivity (Wildman–Crippen MR) is 141 cm³/mol. The van der Waals surface area contributed by atoms with Crippen LogP contribution in [-0.2, 0) is 0 Å². The first-order chi connectivity index (χ1) is 17.9. The van der Waals surface area contributed by atoms with E-state index in [-0.39, 0.29) is 11.5 Å². The van der Waals surface area contributed by atoms with Crippen LogP contribution in [0.25, 0.3) is 0 Å². The van der Waals surface area contributed by atoms with Crippen molar-refractivity contribution >= 4 is 23.8 Å². The fourth-order valence-corrected chi connectivity index (χ4v) is 3.40. The van der Waals surface area contributed by atoms with E-state index < -0.39 is 11.9 Å². The fourth-order valence-electron chi connectivity index (χ4n) is 3.40. The Bertz CT molecular complexity index is 1430. The number of methoxy groups -OCH3 is 2. The first-order valence-electron chi connectivity index (χ1n) is 11.4. The van der Waals surface area contributed by atoms with Gasteiger partial charge in [0.2, 0.25) is 0 Å². The summed E-state index contributed by atoms with van der Waals surface area (Å²) in [7, 11) is 3.10. The number of aryl methyl sites for hydroxylation is 1. The zero-order valence-electron chi connectivity index (χ0n) is 20.6. The molecular weight excluding hydrogens is 470 g/mol. The van der Waals surface area contributed by atoms with Crippen LogP contribution in [0.5, 0.6) is 23.0 Å². The van der Waals surface area contributed by atoms with Crippen molar-refractivity contribution in [3.05, 3.63) is 113 Å². The van der Waals surface area contributed by atoms with Crippen LogP contribution in [0.3, 0.4) is 0 Å². The lowest BCUT2D eigenvalue weighted by molar-refractivity contribution is 0.0732. The lowest BCUT2D eigenvalue weighted by Crippen LogP contribution is -2.11. The highest BCUT2D eigenvalue weighted by atomic mass is 16.5. The number of aliphatic imine (C=N–C) groups is 1. The summed E-state index contributed by atoms with van der Waals surface area (Å²) in [6.45, 7) is 1.98. The fraction of sp³-hybridized carbons (Fsp3) is 0.100. The van der Waals surface area contributed by atoms with Gasteiger partial charge in [0.15, 0.2) is 0 Å². The van der Waals surface area contributed by atoms with Crippen molar-refractivity contribution in [2.45, 2.75) is 6.92 Å². The molecule has 186 valence electrons. The minimum absolute atomic E-state index is 0.192. The topological polar surface area (TPSA) is 83.4 Å². The van der Waals surface area contributed by atoms with Crippen LogP contribution in [0.1, 0.15) is 31.8 Å². The van der Waals surface area contributed by atoms with Crippen LogP contribution in [0.15, 0.2) is 96.0 Å². The number of ether oxygens (including phenoxy) is 4. The summed E-state index contributed by atoms with van der Waals surface area (Å²) in [4.78, 5) is 30.0. The Balaban J connectivity index is 1.61. The molecule has 0 fully saturated rings. The quantitative estimate of drug-likeness (QED) is 0.164. The summed E-state index contributed by atoms with van der Waals surface area (Å²) in [6, 6.07) is 25.6. The van der Waals surface area contributed by atoms with Crippen molar-refractivity contribution in [3.8, 4) is 23.0 Å². The van der Waals surface area contributed by atoms with E-state index in [2.05, 4.69) is 4.99 Å². The number of carbonyl (C=O) groups excluding carboxylic acids is 2. The number of nitrogens with zero attached hydrogens (tertiary/aromatic N) is 1. The molecule has 7 heteroatoms. The highest BCUT2D eigenvalue weighted by Gasteiger charge is 2.15. The molecule has 0 bridgehead atoms. The molecule has 0 amide bonds. The highest BCUT2D eigenvalue weighted by molar-refractivity contribution is 5.94. The van der Waals surface area contributed by atoms with Gasteiger partial charge in [0.05, 0.1) is 31.0 Å². The lowest BCUT2D eigenvalue weighted by Gasteiger charge is -2.11. The van der Waals surface area contributed by atoms with E-state index in [1.165, 1.54) is 6.07 Å². The van der Waals surface area contributed by atoms with Crippen molar-refractivity contribution in [3.63, 3.8) is 0 Å². The monoisotopic (exact) mass is 495 g/mol. The Labute approximate surface area is 214 Å². The molecule has 4 aromatic rings. The van der Waals surface area contributed by atoms with Crippen LogP contribution < -0.4 is 18.9 Å². The number of rotatable bonds is 8. The van der Waals surface area contributed by atoms with Crippen LogP contribution in [0.2, 0.25) is 0 Å². The molecule has 0 atom stereocenters. The van der Waals surface area contributed by atoms with Crippen molar-refractivity contribution < 1.29 is 28.5 Å². The standard InChI is InChI=1S/C30H25NO6/c1-20-5-4-6-24(17-20)31-19-23-11-16-27(36-29(32)21-7-12-25(34-2)13-8-21)18-28(23)37-30(33)22-9-14-26(35-3)15-10-22/h4-19H,1-3H3. The van der Waals surface area contributed by atoms with Crippen molar-refractivity contribution in [1.82, 2.24) is 0 Å². The second-order valence-electron chi connectivity index (χ2n) is 8.03. The van der Waals surface area contributed by atoms with Crippen molar-refractivity contribution in [2.24, 2.45) is 4.99 Å². The first kappa shape index (κ1) is 25.2. The lowest BCUT2D eigenvalue weighted by atomic mass is 10.2. The van der Waals surface area contributed by atoms with E-state index >= 15 is 0 Å². The Morgan fingerprint density at radius 2 is 1.24 bits per heavy atom. The van der Waals surface area contributed by atoms with Gasteiger partial charge in [0.1, 0.15) is 23.0 Å². The van der Waals surface area contributed by atoms with E-state index in [0.717, 1.165) is 11.3 Å². The van der Waals surface area contributed by atoms with E-state index in [9.17, 15) is 9.59 Å². The third-order valence-corrected chi connectivity index (χ3v) is 5.40. The molecule has 0 aliphatic carbocycles. The van der Waals surface area contributed by atoms with Crippen LogP contribution in [0.4, 0.5) is 5.69 Å². The maximum Gasteiger partial charge on any atom is 0.343 e. The third kappa shape index (κ3) is 6.61.